The van der Waals surface area contributed by atoms with Gasteiger partial charge in [0.05, 0.1) is 16.3 Å². The maximum Gasteiger partial charge on any atom is 0.410 e. The molecule has 0 spiro atoms. The molecule has 0 atom stereocenters. The second kappa shape index (κ2) is 13.1. The highest BCUT2D eigenvalue weighted by Crippen LogP contribution is 2.38. The van der Waals surface area contributed by atoms with Gasteiger partial charge in [0.2, 0.25) is 0 Å². The molecule has 12 heteroatoms. The van der Waals surface area contributed by atoms with E-state index in [0.29, 0.717) is 34.2 Å². The molecule has 1 N–H and O–H groups in total. The molecule has 0 radical (unpaired) electrons. The number of hydrogen-bond acceptors (Lipinski definition) is 6. The lowest BCUT2D eigenvalue weighted by Gasteiger charge is -2.29. The van der Waals surface area contributed by atoms with E-state index in [1.807, 2.05) is 6.92 Å². The number of halogens is 3. The lowest BCUT2D eigenvalue weighted by Crippen LogP contribution is -2.39. The van der Waals surface area contributed by atoms with Crippen LogP contribution in [0.5, 0.6) is 0 Å². The highest BCUT2D eigenvalue weighted by Gasteiger charge is 2.30. The Balaban J connectivity index is 1.47. The van der Waals surface area contributed by atoms with Crippen LogP contribution in [0.3, 0.4) is 0 Å². The summed E-state index contributed by atoms with van der Waals surface area (Å²) in [6, 6.07) is 17.5. The maximum absolute atomic E-state index is 15.6. The maximum atomic E-state index is 15.6. The van der Waals surface area contributed by atoms with Crippen LogP contribution in [-0.2, 0) is 21.3 Å². The molecule has 49 heavy (non-hydrogen) atoms. The summed E-state index contributed by atoms with van der Waals surface area (Å²) in [4.78, 5) is 18.8. The normalized spacial score (nSPS) is 13.8. The average molecular weight is 689 g/mol. The van der Waals surface area contributed by atoms with E-state index in [2.05, 4.69) is 10.3 Å². The van der Waals surface area contributed by atoms with E-state index >= 15 is 4.39 Å². The minimum Gasteiger partial charge on any atom is -0.444 e. The minimum absolute atomic E-state index is 0.0145. The van der Waals surface area contributed by atoms with Crippen LogP contribution in [0.25, 0.3) is 27.7 Å². The summed E-state index contributed by atoms with van der Waals surface area (Å²) >= 11 is 0. The number of hydrogen-bond donors (Lipinski definition) is 1. The van der Waals surface area contributed by atoms with Gasteiger partial charge in [0.25, 0.3) is 10.0 Å². The molecule has 0 bridgehead atoms. The summed E-state index contributed by atoms with van der Waals surface area (Å²) in [5.74, 6) is -2.14. The van der Waals surface area contributed by atoms with Gasteiger partial charge in [-0.1, -0.05) is 35.9 Å². The second-order valence-electron chi connectivity index (χ2n) is 12.9. The highest BCUT2D eigenvalue weighted by atomic mass is 32.2. The Kier molecular flexibility index (Phi) is 9.02. The first-order chi connectivity index (χ1) is 23.2. The molecular weight excluding hydrogens is 653 g/mol. The topological polar surface area (TPSA) is 93.5 Å². The fraction of sp³-hybridized carbons (Fsp3) is 0.243. The van der Waals surface area contributed by atoms with Gasteiger partial charge >= 0.3 is 6.09 Å². The van der Waals surface area contributed by atoms with Crippen molar-refractivity contribution in [3.05, 3.63) is 119 Å². The first kappa shape index (κ1) is 33.8. The lowest BCUT2D eigenvalue weighted by atomic mass is 10.0. The first-order valence-corrected chi connectivity index (χ1v) is 17.1. The van der Waals surface area contributed by atoms with Gasteiger partial charge in [-0.05, 0) is 93.3 Å². The van der Waals surface area contributed by atoms with Gasteiger partial charge in [0, 0.05) is 42.8 Å². The molecule has 8 nitrogen and oxygen atoms in total. The predicted octanol–water partition coefficient (Wildman–Crippen LogP) is 8.30. The van der Waals surface area contributed by atoms with E-state index in [4.69, 9.17) is 4.74 Å². The predicted molar refractivity (Wildman–Crippen MR) is 183 cm³/mol. The summed E-state index contributed by atoms with van der Waals surface area (Å²) in [5, 5.41) is 3.24. The number of nitrogens with one attached hydrogen (secondary N) is 1. The van der Waals surface area contributed by atoms with Crippen molar-refractivity contribution in [1.82, 2.24) is 13.9 Å². The van der Waals surface area contributed by atoms with Crippen molar-refractivity contribution >= 4 is 38.4 Å². The summed E-state index contributed by atoms with van der Waals surface area (Å²) in [5.41, 5.74) is 2.07. The Morgan fingerprint density at radius 3 is 2.39 bits per heavy atom. The fourth-order valence-corrected chi connectivity index (χ4v) is 7.21. The van der Waals surface area contributed by atoms with E-state index in [1.54, 1.807) is 57.2 Å². The van der Waals surface area contributed by atoms with Crippen molar-refractivity contribution < 1.29 is 31.1 Å². The quantitative estimate of drug-likeness (QED) is 0.185. The lowest BCUT2D eigenvalue weighted by molar-refractivity contribution is 0.0270. The van der Waals surface area contributed by atoms with Crippen LogP contribution in [0.4, 0.5) is 23.7 Å². The monoisotopic (exact) mass is 688 g/mol. The third kappa shape index (κ3) is 7.05. The van der Waals surface area contributed by atoms with Crippen molar-refractivity contribution in [2.24, 2.45) is 0 Å². The Bertz CT molecular complexity index is 2210. The molecule has 1 amide bonds. The Hall–Kier alpha value is -5.10. The van der Waals surface area contributed by atoms with Crippen molar-refractivity contribution in [2.75, 3.05) is 18.4 Å². The molecule has 0 saturated carbocycles. The number of benzene rings is 3. The van der Waals surface area contributed by atoms with E-state index in [0.717, 1.165) is 15.6 Å². The number of nitrogens with zero attached hydrogens (tertiary/aromatic N) is 3. The van der Waals surface area contributed by atoms with Gasteiger partial charge in [0.15, 0.2) is 5.65 Å². The Morgan fingerprint density at radius 2 is 1.71 bits per heavy atom. The minimum atomic E-state index is -4.23. The Labute approximate surface area is 282 Å². The Morgan fingerprint density at radius 1 is 0.959 bits per heavy atom. The van der Waals surface area contributed by atoms with Crippen molar-refractivity contribution in [3.63, 3.8) is 0 Å². The molecule has 0 fully saturated rings. The van der Waals surface area contributed by atoms with Crippen LogP contribution in [0.1, 0.15) is 44.0 Å². The largest absolute Gasteiger partial charge is 0.444 e. The molecule has 5 aromatic rings. The third-order valence-corrected chi connectivity index (χ3v) is 9.85. The number of pyridine rings is 1. The number of carbonyl (C=O) groups is 1. The number of fused-ring (bicyclic) bond motifs is 1. The van der Waals surface area contributed by atoms with Crippen LogP contribution in [0.15, 0.2) is 90.0 Å². The van der Waals surface area contributed by atoms with E-state index < -0.39 is 39.2 Å². The molecule has 0 unspecified atom stereocenters. The van der Waals surface area contributed by atoms with Gasteiger partial charge in [-0.2, -0.15) is 0 Å². The number of anilines is 1. The molecule has 0 aliphatic carbocycles. The summed E-state index contributed by atoms with van der Waals surface area (Å²) in [7, 11) is -4.23. The van der Waals surface area contributed by atoms with Gasteiger partial charge in [-0.15, -0.1) is 0 Å². The van der Waals surface area contributed by atoms with Gasteiger partial charge in [0.1, 0.15) is 23.1 Å². The SMILES string of the molecule is Cc1ccc(S(=O)(=O)n2c(C3=CCN(C(=O)OC(C)(C)C)CC3)cc3c(-c4cc(NCc5cccc(F)c5)c(F)cc4F)ccnc32)cc1. The number of amides is 1. The summed E-state index contributed by atoms with van der Waals surface area (Å²) < 4.78 is 79.6. The van der Waals surface area contributed by atoms with Crippen molar-refractivity contribution in [2.45, 2.75) is 51.2 Å². The molecule has 0 saturated heterocycles. The summed E-state index contributed by atoms with van der Waals surface area (Å²) in [6.45, 7) is 7.73. The highest BCUT2D eigenvalue weighted by molar-refractivity contribution is 7.90. The molecule has 2 aromatic heterocycles. The van der Waals surface area contributed by atoms with Crippen LogP contribution < -0.4 is 5.32 Å². The van der Waals surface area contributed by atoms with E-state index in [-0.39, 0.29) is 41.4 Å². The fourth-order valence-electron chi connectivity index (χ4n) is 5.72. The molecule has 3 aromatic carbocycles. The van der Waals surface area contributed by atoms with Crippen molar-refractivity contribution in [1.29, 1.82) is 0 Å². The van der Waals surface area contributed by atoms with Crippen LogP contribution in [0, 0.1) is 24.4 Å². The number of rotatable bonds is 7. The van der Waals surface area contributed by atoms with Crippen molar-refractivity contribution in [3.8, 4) is 11.1 Å². The van der Waals surface area contributed by atoms with E-state index in [9.17, 15) is 22.0 Å². The second-order valence-corrected chi connectivity index (χ2v) is 14.7. The number of aromatic nitrogens is 2. The zero-order valence-electron chi connectivity index (χ0n) is 27.4. The third-order valence-electron chi connectivity index (χ3n) is 8.13. The molecule has 1 aliphatic rings. The standard InChI is InChI=1S/C37H35F3N4O4S/c1-23-8-10-27(11-9-23)49(46,47)44-34(25-13-16-43(17-14-25)36(45)48-37(2,3)4)20-30-28(12-15-41-35(30)44)29-19-33(32(40)21-31(29)39)42-22-24-6-5-7-26(38)18-24/h5-13,15,18-21,42H,14,16-17,22H2,1-4H3. The zero-order valence-corrected chi connectivity index (χ0v) is 28.2. The number of ether oxygens (including phenoxy) is 1. The molecule has 6 rings (SSSR count). The number of carbonyl (C=O) groups excluding carboxylic acids is 1. The molecule has 3 heterocycles. The number of aryl methyl sites for hydroxylation is 1. The van der Waals surface area contributed by atoms with Crippen LogP contribution in [-0.4, -0.2) is 47.1 Å². The molecule has 1 aliphatic heterocycles. The van der Waals surface area contributed by atoms with Crippen LogP contribution in [0.2, 0.25) is 0 Å². The smallest absolute Gasteiger partial charge is 0.410 e. The van der Waals surface area contributed by atoms with Gasteiger partial charge < -0.3 is 15.0 Å². The van der Waals surface area contributed by atoms with Crippen LogP contribution >= 0.6 is 0 Å². The van der Waals surface area contributed by atoms with Gasteiger partial charge in [-0.25, -0.2) is 35.3 Å². The average Bonchev–Trinajstić information content (AvgIpc) is 3.45. The molecular formula is C37H35F3N4O4S. The van der Waals surface area contributed by atoms with Gasteiger partial charge in [-0.3, -0.25) is 0 Å². The van der Waals surface area contributed by atoms with E-state index in [1.165, 1.54) is 47.5 Å². The summed E-state index contributed by atoms with van der Waals surface area (Å²) in [6.07, 6.45) is 2.99. The molecule has 254 valence electrons. The zero-order chi connectivity index (χ0) is 35.1. The first-order valence-electron chi connectivity index (χ1n) is 15.7.